The zero-order chi connectivity index (χ0) is 21.3. The largest absolute Gasteiger partial charge is 0.508 e. The zero-order valence-electron chi connectivity index (χ0n) is 17.4. The lowest BCUT2D eigenvalue weighted by molar-refractivity contribution is -0.131. The number of amides is 2. The van der Waals surface area contributed by atoms with Crippen LogP contribution in [0.4, 0.5) is 0 Å². The standard InChI is InChI=1S/C21H33N3O4/c1-13(2)10-17(22-5)20(27)23-18(11-14(3)4)21(28)24-19(12-25)15-6-8-16(26)9-7-15/h6-9,12-14,17-19,22,26H,10-11H2,1-5H3,(H,23,27)(H,24,28)/t17-,18-,19?/m0/s1. The van der Waals surface area contributed by atoms with Crippen LogP contribution in [0.15, 0.2) is 24.3 Å². The molecule has 0 aromatic heterocycles. The molecule has 1 aromatic rings. The summed E-state index contributed by atoms with van der Waals surface area (Å²) < 4.78 is 0. The fourth-order valence-electron chi connectivity index (χ4n) is 2.93. The fourth-order valence-corrected chi connectivity index (χ4v) is 2.93. The van der Waals surface area contributed by atoms with Crippen molar-refractivity contribution in [1.82, 2.24) is 16.0 Å². The van der Waals surface area contributed by atoms with Gasteiger partial charge in [0.25, 0.3) is 0 Å². The van der Waals surface area contributed by atoms with E-state index in [1.807, 2.05) is 27.7 Å². The minimum Gasteiger partial charge on any atom is -0.508 e. The molecule has 156 valence electrons. The Morgan fingerprint density at radius 2 is 1.43 bits per heavy atom. The topological polar surface area (TPSA) is 108 Å². The van der Waals surface area contributed by atoms with Gasteiger partial charge in [0.15, 0.2) is 0 Å². The number of rotatable bonds is 11. The molecule has 0 saturated heterocycles. The smallest absolute Gasteiger partial charge is 0.243 e. The molecular weight excluding hydrogens is 358 g/mol. The quantitative estimate of drug-likeness (QED) is 0.431. The number of phenols is 1. The highest BCUT2D eigenvalue weighted by Gasteiger charge is 2.27. The van der Waals surface area contributed by atoms with Crippen LogP contribution in [0.5, 0.6) is 5.75 Å². The predicted molar refractivity (Wildman–Crippen MR) is 109 cm³/mol. The van der Waals surface area contributed by atoms with E-state index in [1.165, 1.54) is 12.1 Å². The maximum absolute atomic E-state index is 12.8. The van der Waals surface area contributed by atoms with E-state index in [-0.39, 0.29) is 23.6 Å². The minimum absolute atomic E-state index is 0.0768. The van der Waals surface area contributed by atoms with Gasteiger partial charge in [0, 0.05) is 0 Å². The van der Waals surface area contributed by atoms with Gasteiger partial charge in [0.1, 0.15) is 24.1 Å². The summed E-state index contributed by atoms with van der Waals surface area (Å²) in [6.45, 7) is 7.99. The summed E-state index contributed by atoms with van der Waals surface area (Å²) in [5.41, 5.74) is 0.559. The Morgan fingerprint density at radius 1 is 0.929 bits per heavy atom. The van der Waals surface area contributed by atoms with Gasteiger partial charge in [0.2, 0.25) is 11.8 Å². The van der Waals surface area contributed by atoms with Crippen molar-refractivity contribution >= 4 is 18.1 Å². The van der Waals surface area contributed by atoms with Crippen LogP contribution in [0.1, 0.15) is 52.1 Å². The lowest BCUT2D eigenvalue weighted by atomic mass is 9.99. The first-order valence-electron chi connectivity index (χ1n) is 9.70. The number of carbonyl (C=O) groups is 3. The third kappa shape index (κ3) is 7.68. The summed E-state index contributed by atoms with van der Waals surface area (Å²) in [5, 5.41) is 17.9. The molecule has 1 unspecified atom stereocenters. The lowest BCUT2D eigenvalue weighted by Crippen LogP contribution is -2.53. The highest BCUT2D eigenvalue weighted by molar-refractivity contribution is 5.91. The van der Waals surface area contributed by atoms with Crippen LogP contribution in [0.3, 0.4) is 0 Å². The van der Waals surface area contributed by atoms with E-state index in [9.17, 15) is 19.5 Å². The monoisotopic (exact) mass is 391 g/mol. The molecule has 7 heteroatoms. The maximum atomic E-state index is 12.8. The Kier molecular flexibility index (Phi) is 9.65. The first kappa shape index (κ1) is 23.6. The molecule has 0 bridgehead atoms. The van der Waals surface area contributed by atoms with Crippen LogP contribution in [0.2, 0.25) is 0 Å². The second-order valence-electron chi connectivity index (χ2n) is 7.88. The molecule has 0 aliphatic heterocycles. The van der Waals surface area contributed by atoms with Crippen LogP contribution in [-0.2, 0) is 14.4 Å². The molecule has 0 fully saturated rings. The Morgan fingerprint density at radius 3 is 1.89 bits per heavy atom. The minimum atomic E-state index is -0.851. The van der Waals surface area contributed by atoms with Crippen LogP contribution >= 0.6 is 0 Å². The lowest BCUT2D eigenvalue weighted by Gasteiger charge is -2.25. The highest BCUT2D eigenvalue weighted by Crippen LogP contribution is 2.16. The number of nitrogens with one attached hydrogen (secondary N) is 3. The van der Waals surface area contributed by atoms with Crippen molar-refractivity contribution in [2.45, 2.75) is 58.7 Å². The molecule has 1 aromatic carbocycles. The Bertz CT molecular complexity index is 644. The van der Waals surface area contributed by atoms with Crippen molar-refractivity contribution in [3.05, 3.63) is 29.8 Å². The second-order valence-corrected chi connectivity index (χ2v) is 7.88. The Balaban J connectivity index is 2.89. The normalized spacial score (nSPS) is 14.4. The number of aldehydes is 1. The number of likely N-dealkylation sites (N-methyl/N-ethyl adjacent to an activating group) is 1. The van der Waals surface area contributed by atoms with E-state index in [2.05, 4.69) is 16.0 Å². The molecule has 4 N–H and O–H groups in total. The molecule has 0 heterocycles. The van der Waals surface area contributed by atoms with Crippen molar-refractivity contribution in [3.63, 3.8) is 0 Å². The average molecular weight is 392 g/mol. The Hall–Kier alpha value is -2.41. The predicted octanol–water partition coefficient (Wildman–Crippen LogP) is 1.91. The van der Waals surface area contributed by atoms with Crippen molar-refractivity contribution in [1.29, 1.82) is 0 Å². The van der Waals surface area contributed by atoms with Crippen molar-refractivity contribution in [2.75, 3.05) is 7.05 Å². The van der Waals surface area contributed by atoms with Gasteiger partial charge in [-0.15, -0.1) is 0 Å². The summed E-state index contributed by atoms with van der Waals surface area (Å²) in [5.74, 6) is -0.0594. The summed E-state index contributed by atoms with van der Waals surface area (Å²) in [7, 11) is 1.72. The van der Waals surface area contributed by atoms with Gasteiger partial charge in [-0.05, 0) is 49.4 Å². The molecule has 1 rings (SSSR count). The van der Waals surface area contributed by atoms with Crippen LogP contribution in [0.25, 0.3) is 0 Å². The van der Waals surface area contributed by atoms with Gasteiger partial charge < -0.3 is 25.9 Å². The molecule has 0 aliphatic carbocycles. The number of benzene rings is 1. The van der Waals surface area contributed by atoms with E-state index >= 15 is 0 Å². The van der Waals surface area contributed by atoms with Crippen LogP contribution in [0, 0.1) is 11.8 Å². The second kappa shape index (κ2) is 11.4. The van der Waals surface area contributed by atoms with Crippen LogP contribution < -0.4 is 16.0 Å². The fraction of sp³-hybridized carbons (Fsp3) is 0.571. The molecule has 0 spiro atoms. The van der Waals surface area contributed by atoms with Crippen molar-refractivity contribution < 1.29 is 19.5 Å². The number of hydrogen-bond acceptors (Lipinski definition) is 5. The van der Waals surface area contributed by atoms with Crippen molar-refractivity contribution in [2.24, 2.45) is 11.8 Å². The van der Waals surface area contributed by atoms with Gasteiger partial charge in [-0.2, -0.15) is 0 Å². The summed E-state index contributed by atoms with van der Waals surface area (Å²) in [6.07, 6.45) is 1.74. The van der Waals surface area contributed by atoms with Crippen molar-refractivity contribution in [3.8, 4) is 5.75 Å². The molecule has 7 nitrogen and oxygen atoms in total. The van der Waals surface area contributed by atoms with E-state index in [0.717, 1.165) is 0 Å². The molecule has 0 saturated carbocycles. The molecule has 2 amide bonds. The highest BCUT2D eigenvalue weighted by atomic mass is 16.3. The third-order valence-electron chi connectivity index (χ3n) is 4.40. The van der Waals surface area contributed by atoms with Gasteiger partial charge in [-0.3, -0.25) is 9.59 Å². The van der Waals surface area contributed by atoms with Gasteiger partial charge in [0.05, 0.1) is 6.04 Å². The molecule has 3 atom stereocenters. The van der Waals surface area contributed by atoms with E-state index in [1.54, 1.807) is 19.2 Å². The third-order valence-corrected chi connectivity index (χ3v) is 4.40. The van der Waals surface area contributed by atoms with E-state index in [0.29, 0.717) is 30.6 Å². The van der Waals surface area contributed by atoms with E-state index in [4.69, 9.17) is 0 Å². The first-order chi connectivity index (χ1) is 13.2. The van der Waals surface area contributed by atoms with E-state index < -0.39 is 18.0 Å². The SMILES string of the molecule is CN[C@@H](CC(C)C)C(=O)N[C@@H](CC(C)C)C(=O)NC(C=O)c1ccc(O)cc1. The maximum Gasteiger partial charge on any atom is 0.243 e. The van der Waals surface area contributed by atoms with Gasteiger partial charge in [-0.25, -0.2) is 0 Å². The number of aromatic hydroxyl groups is 1. The molecular formula is C21H33N3O4. The van der Waals surface area contributed by atoms with Crippen LogP contribution in [-0.4, -0.2) is 42.3 Å². The number of phenolic OH excluding ortho intramolecular Hbond substituents is 1. The summed E-state index contributed by atoms with van der Waals surface area (Å²) >= 11 is 0. The van der Waals surface area contributed by atoms with Gasteiger partial charge >= 0.3 is 0 Å². The first-order valence-corrected chi connectivity index (χ1v) is 9.70. The zero-order valence-corrected chi connectivity index (χ0v) is 17.4. The molecule has 0 radical (unpaired) electrons. The Labute approximate surface area is 167 Å². The molecule has 0 aliphatic rings. The molecule has 28 heavy (non-hydrogen) atoms. The summed E-state index contributed by atoms with van der Waals surface area (Å²) in [4.78, 5) is 36.9. The number of carbonyl (C=O) groups excluding carboxylic acids is 3. The number of hydrogen-bond donors (Lipinski definition) is 4. The summed E-state index contributed by atoms with van der Waals surface area (Å²) in [6, 6.07) is 4.07. The van der Waals surface area contributed by atoms with Gasteiger partial charge in [-0.1, -0.05) is 39.8 Å². The average Bonchev–Trinajstić information content (AvgIpc) is 2.63.